The summed E-state index contributed by atoms with van der Waals surface area (Å²) in [7, 11) is 3.67. The second kappa shape index (κ2) is 8.35. The smallest absolute Gasteiger partial charge is 0.146 e. The molecule has 1 fully saturated rings. The molecule has 1 saturated carbocycles. The first kappa shape index (κ1) is 16.2. The third-order valence-corrected chi connectivity index (χ3v) is 4.24. The third kappa shape index (κ3) is 4.97. The van der Waals surface area contributed by atoms with Crippen LogP contribution in [-0.4, -0.2) is 33.9 Å². The number of nitrogens with one attached hydrogen (secondary N) is 1. The zero-order chi connectivity index (χ0) is 15.1. The van der Waals surface area contributed by atoms with Crippen LogP contribution in [0.2, 0.25) is 0 Å². The summed E-state index contributed by atoms with van der Waals surface area (Å²) in [6.07, 6.45) is 5.22. The number of halogens is 1. The summed E-state index contributed by atoms with van der Waals surface area (Å²) in [5.41, 5.74) is 1.68. The van der Waals surface area contributed by atoms with Crippen LogP contribution in [0, 0.1) is 11.7 Å². The predicted molar refractivity (Wildman–Crippen MR) is 85.2 cm³/mol. The molecule has 1 N–H and O–H groups in total. The lowest BCUT2D eigenvalue weighted by atomic mass is 10.1. The fourth-order valence-corrected chi connectivity index (χ4v) is 3.06. The third-order valence-electron chi connectivity index (χ3n) is 4.24. The van der Waals surface area contributed by atoms with Crippen LogP contribution in [-0.2, 0) is 11.3 Å². The van der Waals surface area contributed by atoms with Gasteiger partial charge in [-0.25, -0.2) is 4.39 Å². The molecule has 0 spiro atoms. The Morgan fingerprint density at radius 1 is 1.33 bits per heavy atom. The number of ether oxygens (including phenoxy) is 1. The lowest BCUT2D eigenvalue weighted by molar-refractivity contribution is 0.199. The van der Waals surface area contributed by atoms with Crippen molar-refractivity contribution in [3.8, 4) is 0 Å². The molecule has 0 unspecified atom stereocenters. The Bertz CT molecular complexity index is 433. The Morgan fingerprint density at radius 3 is 2.76 bits per heavy atom. The molecule has 1 aliphatic rings. The van der Waals surface area contributed by atoms with Gasteiger partial charge < -0.3 is 15.0 Å². The van der Waals surface area contributed by atoms with Crippen LogP contribution >= 0.6 is 0 Å². The molecule has 0 aliphatic heterocycles. The van der Waals surface area contributed by atoms with Gasteiger partial charge in [0.2, 0.25) is 0 Å². The molecule has 0 heterocycles. The van der Waals surface area contributed by atoms with E-state index in [0.29, 0.717) is 18.8 Å². The molecule has 0 bridgehead atoms. The summed E-state index contributed by atoms with van der Waals surface area (Å²) < 4.78 is 19.2. The summed E-state index contributed by atoms with van der Waals surface area (Å²) in [4.78, 5) is 2.06. The molecule has 0 saturated heterocycles. The van der Waals surface area contributed by atoms with E-state index in [-0.39, 0.29) is 5.82 Å². The SMILES string of the molecule is COCCNCc1ccc(N(C)CC2CCCC2)c(F)c1. The first-order valence-electron chi connectivity index (χ1n) is 7.90. The lowest BCUT2D eigenvalue weighted by Gasteiger charge is -2.23. The summed E-state index contributed by atoms with van der Waals surface area (Å²) in [5, 5.41) is 3.23. The summed E-state index contributed by atoms with van der Waals surface area (Å²) in [6, 6.07) is 5.54. The Hall–Kier alpha value is -1.13. The van der Waals surface area contributed by atoms with Crippen molar-refractivity contribution in [1.29, 1.82) is 0 Å². The summed E-state index contributed by atoms with van der Waals surface area (Å²) >= 11 is 0. The van der Waals surface area contributed by atoms with E-state index in [4.69, 9.17) is 4.74 Å². The van der Waals surface area contributed by atoms with Crippen LogP contribution in [0.3, 0.4) is 0 Å². The van der Waals surface area contributed by atoms with Crippen LogP contribution in [0.15, 0.2) is 18.2 Å². The number of rotatable bonds is 8. The average molecular weight is 294 g/mol. The van der Waals surface area contributed by atoms with E-state index >= 15 is 0 Å². The van der Waals surface area contributed by atoms with Crippen molar-refractivity contribution in [2.75, 3.05) is 38.8 Å². The van der Waals surface area contributed by atoms with E-state index in [1.165, 1.54) is 25.7 Å². The second-order valence-corrected chi connectivity index (χ2v) is 5.99. The largest absolute Gasteiger partial charge is 0.383 e. The van der Waals surface area contributed by atoms with Gasteiger partial charge in [-0.1, -0.05) is 18.9 Å². The minimum absolute atomic E-state index is 0.124. The molecule has 4 heteroatoms. The number of hydrogen-bond donors (Lipinski definition) is 1. The molecule has 118 valence electrons. The van der Waals surface area contributed by atoms with Gasteiger partial charge in [0.25, 0.3) is 0 Å². The van der Waals surface area contributed by atoms with Gasteiger partial charge in [-0.05, 0) is 36.5 Å². The highest BCUT2D eigenvalue weighted by atomic mass is 19.1. The van der Waals surface area contributed by atoms with Crippen LogP contribution in [0.5, 0.6) is 0 Å². The van der Waals surface area contributed by atoms with Gasteiger partial charge in [-0.15, -0.1) is 0 Å². The molecular weight excluding hydrogens is 267 g/mol. The van der Waals surface area contributed by atoms with E-state index in [0.717, 1.165) is 24.6 Å². The van der Waals surface area contributed by atoms with Crippen molar-refractivity contribution in [3.63, 3.8) is 0 Å². The maximum atomic E-state index is 14.3. The van der Waals surface area contributed by atoms with Crippen molar-refractivity contribution in [3.05, 3.63) is 29.6 Å². The Morgan fingerprint density at radius 2 is 2.10 bits per heavy atom. The quantitative estimate of drug-likeness (QED) is 0.745. The van der Waals surface area contributed by atoms with Gasteiger partial charge in [0.15, 0.2) is 0 Å². The number of hydrogen-bond acceptors (Lipinski definition) is 3. The molecule has 1 aromatic carbocycles. The molecule has 21 heavy (non-hydrogen) atoms. The van der Waals surface area contributed by atoms with E-state index in [1.54, 1.807) is 13.2 Å². The lowest BCUT2D eigenvalue weighted by Crippen LogP contribution is -2.25. The summed E-state index contributed by atoms with van der Waals surface area (Å²) in [5.74, 6) is 0.603. The molecule has 1 aromatic rings. The number of methoxy groups -OCH3 is 1. The standard InChI is InChI=1S/C17H27FN2O/c1-20(13-14-5-3-4-6-14)17-8-7-15(11-16(17)18)12-19-9-10-21-2/h7-8,11,14,19H,3-6,9-10,12-13H2,1-2H3. The first-order valence-corrected chi connectivity index (χ1v) is 7.90. The normalized spacial score (nSPS) is 15.6. The predicted octanol–water partition coefficient (Wildman–Crippen LogP) is 3.19. The van der Waals surface area contributed by atoms with E-state index in [1.807, 2.05) is 19.2 Å². The maximum absolute atomic E-state index is 14.3. The first-order chi connectivity index (χ1) is 10.2. The molecule has 0 radical (unpaired) electrons. The van der Waals surface area contributed by atoms with Crippen molar-refractivity contribution < 1.29 is 9.13 Å². The topological polar surface area (TPSA) is 24.5 Å². The van der Waals surface area contributed by atoms with E-state index in [2.05, 4.69) is 10.2 Å². The molecule has 0 amide bonds. The van der Waals surface area contributed by atoms with Crippen molar-refractivity contribution in [1.82, 2.24) is 5.32 Å². The van der Waals surface area contributed by atoms with Gasteiger partial charge in [-0.2, -0.15) is 0 Å². The molecular formula is C17H27FN2O. The van der Waals surface area contributed by atoms with Crippen LogP contribution in [0.25, 0.3) is 0 Å². The molecule has 0 atom stereocenters. The Labute approximate surface area is 127 Å². The van der Waals surface area contributed by atoms with Gasteiger partial charge >= 0.3 is 0 Å². The van der Waals surface area contributed by atoms with Crippen LogP contribution < -0.4 is 10.2 Å². The number of nitrogens with zero attached hydrogens (tertiary/aromatic N) is 1. The van der Waals surface area contributed by atoms with Crippen molar-refractivity contribution >= 4 is 5.69 Å². The maximum Gasteiger partial charge on any atom is 0.146 e. The van der Waals surface area contributed by atoms with E-state index < -0.39 is 0 Å². The zero-order valence-electron chi connectivity index (χ0n) is 13.2. The highest BCUT2D eigenvalue weighted by molar-refractivity contribution is 5.48. The highest BCUT2D eigenvalue weighted by Gasteiger charge is 2.18. The minimum Gasteiger partial charge on any atom is -0.383 e. The highest BCUT2D eigenvalue weighted by Crippen LogP contribution is 2.28. The zero-order valence-corrected chi connectivity index (χ0v) is 13.2. The Kier molecular flexibility index (Phi) is 6.46. The number of benzene rings is 1. The van der Waals surface area contributed by atoms with Crippen molar-refractivity contribution in [2.24, 2.45) is 5.92 Å². The second-order valence-electron chi connectivity index (χ2n) is 5.99. The van der Waals surface area contributed by atoms with Crippen LogP contribution in [0.1, 0.15) is 31.2 Å². The number of anilines is 1. The van der Waals surface area contributed by atoms with Crippen molar-refractivity contribution in [2.45, 2.75) is 32.2 Å². The van der Waals surface area contributed by atoms with Crippen LogP contribution in [0.4, 0.5) is 10.1 Å². The minimum atomic E-state index is -0.124. The molecule has 2 rings (SSSR count). The van der Waals surface area contributed by atoms with Gasteiger partial charge in [0.1, 0.15) is 5.82 Å². The molecule has 3 nitrogen and oxygen atoms in total. The Balaban J connectivity index is 1.88. The van der Waals surface area contributed by atoms with Gasteiger partial charge in [0.05, 0.1) is 12.3 Å². The van der Waals surface area contributed by atoms with Gasteiger partial charge in [0, 0.05) is 33.8 Å². The summed E-state index contributed by atoms with van der Waals surface area (Å²) in [6.45, 7) is 3.08. The fourth-order valence-electron chi connectivity index (χ4n) is 3.06. The monoisotopic (exact) mass is 294 g/mol. The molecule has 0 aromatic heterocycles. The fraction of sp³-hybridized carbons (Fsp3) is 0.647. The van der Waals surface area contributed by atoms with E-state index in [9.17, 15) is 4.39 Å². The average Bonchev–Trinajstić information content (AvgIpc) is 2.96. The molecule has 1 aliphatic carbocycles. The van der Waals surface area contributed by atoms with Gasteiger partial charge in [-0.3, -0.25) is 0 Å².